The number of carbonyl (C=O) groups excluding carboxylic acids is 4. The second kappa shape index (κ2) is 8.29. The molecule has 1 aromatic rings. The van der Waals surface area contributed by atoms with Crippen LogP contribution in [0.4, 0.5) is 5.69 Å². The van der Waals surface area contributed by atoms with Crippen molar-refractivity contribution in [3.05, 3.63) is 29.3 Å². The monoisotopic (exact) mass is 439 g/mol. The molecule has 1 unspecified atom stereocenters. The summed E-state index contributed by atoms with van der Waals surface area (Å²) >= 11 is 0. The standard InChI is InChI=1S/C23H29N5O4/c24-14-9-13(10-14)12-25-15-5-7-27(8-6-15)16-1-2-17-18(11-16)23(32)28(22(17)31)19-3-4-20(29)26-21(19)30/h1-2,11,13-15,19,25H,3-10,12,24H2,(H,26,29,30). The summed E-state index contributed by atoms with van der Waals surface area (Å²) in [6.45, 7) is 2.78. The van der Waals surface area contributed by atoms with Gasteiger partial charge in [0.05, 0.1) is 11.1 Å². The van der Waals surface area contributed by atoms with Gasteiger partial charge in [-0.2, -0.15) is 0 Å². The van der Waals surface area contributed by atoms with Crippen LogP contribution in [0, 0.1) is 5.92 Å². The number of piperidine rings is 2. The zero-order valence-electron chi connectivity index (χ0n) is 18.0. The van der Waals surface area contributed by atoms with E-state index in [4.69, 9.17) is 5.73 Å². The molecule has 4 aliphatic rings. The summed E-state index contributed by atoms with van der Waals surface area (Å²) in [4.78, 5) is 52.8. The first-order chi connectivity index (χ1) is 15.4. The molecule has 1 aromatic carbocycles. The number of nitrogens with zero attached hydrogens (tertiary/aromatic N) is 2. The third-order valence-electron chi connectivity index (χ3n) is 7.25. The molecule has 0 aromatic heterocycles. The Morgan fingerprint density at radius 3 is 2.41 bits per heavy atom. The highest BCUT2D eigenvalue weighted by Gasteiger charge is 2.44. The van der Waals surface area contributed by atoms with Gasteiger partial charge in [0.25, 0.3) is 11.8 Å². The Kier molecular flexibility index (Phi) is 5.46. The summed E-state index contributed by atoms with van der Waals surface area (Å²) in [5.41, 5.74) is 7.43. The molecule has 32 heavy (non-hydrogen) atoms. The van der Waals surface area contributed by atoms with Crippen molar-refractivity contribution in [2.24, 2.45) is 11.7 Å². The van der Waals surface area contributed by atoms with Crippen LogP contribution in [0.1, 0.15) is 59.2 Å². The third-order valence-corrected chi connectivity index (χ3v) is 7.25. The van der Waals surface area contributed by atoms with Gasteiger partial charge in [-0.05, 0) is 62.8 Å². The molecule has 1 saturated carbocycles. The minimum atomic E-state index is -0.935. The molecule has 3 heterocycles. The lowest BCUT2D eigenvalue weighted by molar-refractivity contribution is -0.136. The molecule has 5 rings (SSSR count). The maximum atomic E-state index is 13.0. The number of rotatable bonds is 5. The molecule has 3 aliphatic heterocycles. The van der Waals surface area contributed by atoms with Crippen LogP contribution in [-0.4, -0.2) is 66.3 Å². The number of hydrogen-bond donors (Lipinski definition) is 3. The first kappa shape index (κ1) is 21.1. The zero-order valence-corrected chi connectivity index (χ0v) is 18.0. The fourth-order valence-corrected chi connectivity index (χ4v) is 5.28. The SMILES string of the molecule is NC1CC(CNC2CCN(c3ccc4c(c3)C(=O)N(C3CCC(=O)NC3=O)C4=O)CC2)C1. The van der Waals surface area contributed by atoms with Gasteiger partial charge in [0, 0.05) is 37.3 Å². The van der Waals surface area contributed by atoms with Gasteiger partial charge in [0.1, 0.15) is 6.04 Å². The van der Waals surface area contributed by atoms with Crippen molar-refractivity contribution in [1.29, 1.82) is 0 Å². The van der Waals surface area contributed by atoms with E-state index in [2.05, 4.69) is 15.5 Å². The first-order valence-corrected chi connectivity index (χ1v) is 11.5. The molecule has 4 amide bonds. The Morgan fingerprint density at radius 1 is 1.00 bits per heavy atom. The van der Waals surface area contributed by atoms with E-state index in [-0.39, 0.29) is 18.7 Å². The number of amides is 4. The van der Waals surface area contributed by atoms with E-state index in [1.54, 1.807) is 12.1 Å². The lowest BCUT2D eigenvalue weighted by Crippen LogP contribution is -2.54. The number of anilines is 1. The quantitative estimate of drug-likeness (QED) is 0.567. The van der Waals surface area contributed by atoms with Crippen molar-refractivity contribution in [3.8, 4) is 0 Å². The molecule has 170 valence electrons. The molecule has 0 spiro atoms. The van der Waals surface area contributed by atoms with Crippen molar-refractivity contribution < 1.29 is 19.2 Å². The van der Waals surface area contributed by atoms with Gasteiger partial charge < -0.3 is 16.0 Å². The predicted octanol–water partition coefficient (Wildman–Crippen LogP) is 0.384. The van der Waals surface area contributed by atoms with Crippen LogP contribution in [0.3, 0.4) is 0 Å². The minimum Gasteiger partial charge on any atom is -0.371 e. The van der Waals surface area contributed by atoms with E-state index in [0.29, 0.717) is 29.1 Å². The van der Waals surface area contributed by atoms with Gasteiger partial charge >= 0.3 is 0 Å². The summed E-state index contributed by atoms with van der Waals surface area (Å²) in [6.07, 6.45) is 4.55. The van der Waals surface area contributed by atoms with Gasteiger partial charge in [-0.15, -0.1) is 0 Å². The highest BCUT2D eigenvalue weighted by atomic mass is 16.2. The Hall–Kier alpha value is -2.78. The van der Waals surface area contributed by atoms with Crippen LogP contribution in [0.15, 0.2) is 18.2 Å². The number of nitrogens with one attached hydrogen (secondary N) is 2. The summed E-state index contributed by atoms with van der Waals surface area (Å²) in [5, 5.41) is 5.89. The van der Waals surface area contributed by atoms with E-state index in [9.17, 15) is 19.2 Å². The number of nitrogens with two attached hydrogens (primary N) is 1. The predicted molar refractivity (Wildman–Crippen MR) is 117 cm³/mol. The van der Waals surface area contributed by atoms with Crippen LogP contribution in [0.5, 0.6) is 0 Å². The Bertz CT molecular complexity index is 965. The molecule has 4 N–H and O–H groups in total. The Morgan fingerprint density at radius 2 is 1.72 bits per heavy atom. The Labute approximate surface area is 186 Å². The zero-order chi connectivity index (χ0) is 22.4. The average Bonchev–Trinajstić information content (AvgIpc) is 3.01. The van der Waals surface area contributed by atoms with Gasteiger partial charge in [0.15, 0.2) is 0 Å². The topological polar surface area (TPSA) is 125 Å². The maximum Gasteiger partial charge on any atom is 0.262 e. The highest BCUT2D eigenvalue weighted by molar-refractivity contribution is 6.23. The van der Waals surface area contributed by atoms with Crippen molar-refractivity contribution in [1.82, 2.24) is 15.5 Å². The summed E-state index contributed by atoms with van der Waals surface area (Å²) < 4.78 is 0. The second-order valence-electron chi connectivity index (χ2n) is 9.44. The molecule has 9 nitrogen and oxygen atoms in total. The molecule has 3 fully saturated rings. The van der Waals surface area contributed by atoms with E-state index in [0.717, 1.165) is 55.9 Å². The van der Waals surface area contributed by atoms with E-state index in [1.165, 1.54) is 0 Å². The van der Waals surface area contributed by atoms with Crippen LogP contribution in [-0.2, 0) is 9.59 Å². The molecular weight excluding hydrogens is 410 g/mol. The second-order valence-corrected chi connectivity index (χ2v) is 9.44. The van der Waals surface area contributed by atoms with Crippen LogP contribution in [0.25, 0.3) is 0 Å². The molecule has 2 saturated heterocycles. The van der Waals surface area contributed by atoms with Gasteiger partial charge in [-0.1, -0.05) is 0 Å². The fraction of sp³-hybridized carbons (Fsp3) is 0.565. The smallest absolute Gasteiger partial charge is 0.262 e. The lowest BCUT2D eigenvalue weighted by Gasteiger charge is -2.37. The summed E-state index contributed by atoms with van der Waals surface area (Å²) in [7, 11) is 0. The van der Waals surface area contributed by atoms with Crippen LogP contribution < -0.4 is 21.3 Å². The molecular formula is C23H29N5O4. The van der Waals surface area contributed by atoms with E-state index >= 15 is 0 Å². The third kappa shape index (κ3) is 3.80. The molecule has 0 bridgehead atoms. The van der Waals surface area contributed by atoms with Crippen molar-refractivity contribution in [2.75, 3.05) is 24.5 Å². The normalized spacial score (nSPS) is 28.6. The number of benzene rings is 1. The lowest BCUT2D eigenvalue weighted by atomic mass is 9.81. The first-order valence-electron chi connectivity index (χ1n) is 11.5. The molecule has 0 radical (unpaired) electrons. The van der Waals surface area contributed by atoms with E-state index in [1.807, 2.05) is 6.07 Å². The maximum absolute atomic E-state index is 13.0. The summed E-state index contributed by atoms with van der Waals surface area (Å²) in [6, 6.07) is 5.26. The number of hydrogen-bond acceptors (Lipinski definition) is 7. The van der Waals surface area contributed by atoms with Crippen molar-refractivity contribution in [2.45, 2.75) is 56.7 Å². The Balaban J connectivity index is 1.22. The highest BCUT2D eigenvalue weighted by Crippen LogP contribution is 2.32. The number of carbonyl (C=O) groups is 4. The molecule has 1 aliphatic carbocycles. The number of imide groups is 2. The largest absolute Gasteiger partial charge is 0.371 e. The average molecular weight is 440 g/mol. The fourth-order valence-electron chi connectivity index (χ4n) is 5.28. The van der Waals surface area contributed by atoms with E-state index < -0.39 is 23.8 Å². The van der Waals surface area contributed by atoms with Crippen LogP contribution in [0.2, 0.25) is 0 Å². The minimum absolute atomic E-state index is 0.117. The van der Waals surface area contributed by atoms with Crippen molar-refractivity contribution >= 4 is 29.3 Å². The number of fused-ring (bicyclic) bond motifs is 1. The van der Waals surface area contributed by atoms with Gasteiger partial charge in [0.2, 0.25) is 11.8 Å². The summed E-state index contributed by atoms with van der Waals surface area (Å²) in [5.74, 6) is -1.19. The molecule has 1 atom stereocenters. The van der Waals surface area contributed by atoms with Crippen molar-refractivity contribution in [3.63, 3.8) is 0 Å². The van der Waals surface area contributed by atoms with Gasteiger partial charge in [-0.25, -0.2) is 0 Å². The molecule has 9 heteroatoms. The van der Waals surface area contributed by atoms with Gasteiger partial charge in [-0.3, -0.25) is 29.4 Å². The van der Waals surface area contributed by atoms with Crippen LogP contribution >= 0.6 is 0 Å².